The molecule has 0 aromatic heterocycles. The second-order valence-corrected chi connectivity index (χ2v) is 8.15. The monoisotopic (exact) mass is 347 g/mol. The lowest BCUT2D eigenvalue weighted by atomic mass is 10.1. The minimum absolute atomic E-state index is 0.0754. The fraction of sp³-hybridized carbons (Fsp3) is 0.538. The maximum atomic E-state index is 12.3. The maximum Gasteiger partial charge on any atom is 0.217 e. The van der Waals surface area contributed by atoms with Crippen LogP contribution in [0.4, 0.5) is 0 Å². The molecule has 19 heavy (non-hydrogen) atoms. The number of rotatable bonds is 5. The Bertz CT molecular complexity index is 544. The molecule has 6 heteroatoms. The fourth-order valence-corrected chi connectivity index (χ4v) is 4.42. The average Bonchev–Trinajstić information content (AvgIpc) is 3.18. The van der Waals surface area contributed by atoms with Gasteiger partial charge in [0.15, 0.2) is 0 Å². The van der Waals surface area contributed by atoms with E-state index in [4.69, 9.17) is 5.11 Å². The Balaban J connectivity index is 2.12. The number of nitrogens with zero attached hydrogens (tertiary/aromatic N) is 1. The predicted molar refractivity (Wildman–Crippen MR) is 78.5 cm³/mol. The van der Waals surface area contributed by atoms with E-state index in [1.54, 1.807) is 6.92 Å². The van der Waals surface area contributed by atoms with Crippen molar-refractivity contribution >= 4 is 26.0 Å². The Morgan fingerprint density at radius 3 is 2.53 bits per heavy atom. The SMILES string of the molecule is C[C@H](CO)N(C)S(=O)(=O)[C@@H]1C[C@H]1c1ccc(Br)cc1. The molecule has 1 N–H and O–H groups in total. The van der Waals surface area contributed by atoms with Crippen LogP contribution in [-0.2, 0) is 10.0 Å². The van der Waals surface area contributed by atoms with E-state index in [1.807, 2.05) is 24.3 Å². The van der Waals surface area contributed by atoms with Crippen molar-refractivity contribution in [2.75, 3.05) is 13.7 Å². The smallest absolute Gasteiger partial charge is 0.217 e. The molecule has 0 aliphatic heterocycles. The highest BCUT2D eigenvalue weighted by atomic mass is 79.9. The molecule has 1 fully saturated rings. The van der Waals surface area contributed by atoms with Gasteiger partial charge in [0, 0.05) is 23.5 Å². The summed E-state index contributed by atoms with van der Waals surface area (Å²) in [4.78, 5) is 0. The summed E-state index contributed by atoms with van der Waals surface area (Å²) in [6.07, 6.45) is 0.659. The summed E-state index contributed by atoms with van der Waals surface area (Å²) in [7, 11) is -1.79. The van der Waals surface area contributed by atoms with Gasteiger partial charge < -0.3 is 5.11 Å². The van der Waals surface area contributed by atoms with Crippen molar-refractivity contribution in [2.24, 2.45) is 0 Å². The molecule has 0 heterocycles. The average molecular weight is 348 g/mol. The van der Waals surface area contributed by atoms with E-state index in [9.17, 15) is 8.42 Å². The van der Waals surface area contributed by atoms with E-state index in [0.29, 0.717) is 6.42 Å². The molecule has 1 aromatic carbocycles. The van der Waals surface area contributed by atoms with E-state index in [2.05, 4.69) is 15.9 Å². The summed E-state index contributed by atoms with van der Waals surface area (Å²) in [6.45, 7) is 1.54. The van der Waals surface area contributed by atoms with E-state index in [0.717, 1.165) is 10.0 Å². The van der Waals surface area contributed by atoms with Gasteiger partial charge in [-0.15, -0.1) is 0 Å². The van der Waals surface area contributed by atoms with Crippen molar-refractivity contribution in [1.82, 2.24) is 4.31 Å². The summed E-state index contributed by atoms with van der Waals surface area (Å²) >= 11 is 3.37. The van der Waals surface area contributed by atoms with Gasteiger partial charge in [0.2, 0.25) is 10.0 Å². The number of sulfonamides is 1. The molecule has 0 bridgehead atoms. The van der Waals surface area contributed by atoms with Crippen LogP contribution in [0.25, 0.3) is 0 Å². The number of aliphatic hydroxyl groups is 1. The van der Waals surface area contributed by atoms with E-state index < -0.39 is 10.0 Å². The second kappa shape index (κ2) is 5.52. The predicted octanol–water partition coefficient (Wildman–Crippen LogP) is 1.95. The van der Waals surface area contributed by atoms with Gasteiger partial charge in [-0.1, -0.05) is 28.1 Å². The maximum absolute atomic E-state index is 12.3. The van der Waals surface area contributed by atoms with Gasteiger partial charge in [0.1, 0.15) is 0 Å². The number of likely N-dealkylation sites (N-methyl/N-ethyl adjacent to an activating group) is 1. The summed E-state index contributed by atoms with van der Waals surface area (Å²) in [6, 6.07) is 7.39. The van der Waals surface area contributed by atoms with Crippen LogP contribution in [0.2, 0.25) is 0 Å². The van der Waals surface area contributed by atoms with E-state index in [1.165, 1.54) is 11.4 Å². The summed E-state index contributed by atoms with van der Waals surface area (Å²) in [5.74, 6) is 0.0754. The number of hydrogen-bond acceptors (Lipinski definition) is 3. The lowest BCUT2D eigenvalue weighted by Gasteiger charge is -2.22. The molecule has 1 aromatic rings. The molecule has 0 spiro atoms. The molecule has 0 amide bonds. The van der Waals surface area contributed by atoms with Gasteiger partial charge in [-0.05, 0) is 31.0 Å². The highest BCUT2D eigenvalue weighted by Crippen LogP contribution is 2.47. The molecular weight excluding hydrogens is 330 g/mol. The Morgan fingerprint density at radius 1 is 1.42 bits per heavy atom. The Kier molecular flexibility index (Phi) is 4.35. The molecule has 0 saturated heterocycles. The van der Waals surface area contributed by atoms with Crippen LogP contribution in [0.3, 0.4) is 0 Å². The van der Waals surface area contributed by atoms with Crippen LogP contribution in [0, 0.1) is 0 Å². The fourth-order valence-electron chi connectivity index (χ4n) is 2.14. The first-order valence-electron chi connectivity index (χ1n) is 6.21. The van der Waals surface area contributed by atoms with Crippen LogP contribution in [0.5, 0.6) is 0 Å². The Morgan fingerprint density at radius 2 is 2.00 bits per heavy atom. The van der Waals surface area contributed by atoms with Crippen LogP contribution >= 0.6 is 15.9 Å². The standard InChI is InChI=1S/C13H18BrNO3S/c1-9(8-16)15(2)19(17,18)13-7-12(13)10-3-5-11(14)6-4-10/h3-6,9,12-13,16H,7-8H2,1-2H3/t9-,12+,13-/m1/s1. The third-order valence-corrected chi connectivity index (χ3v) is 6.68. The quantitative estimate of drug-likeness (QED) is 0.885. The molecule has 3 atom stereocenters. The first-order valence-corrected chi connectivity index (χ1v) is 8.50. The molecule has 1 aliphatic rings. The molecule has 4 nitrogen and oxygen atoms in total. The van der Waals surface area contributed by atoms with Crippen LogP contribution in [-0.4, -0.2) is 42.8 Å². The van der Waals surface area contributed by atoms with Gasteiger partial charge >= 0.3 is 0 Å². The second-order valence-electron chi connectivity index (χ2n) is 5.02. The van der Waals surface area contributed by atoms with Crippen LogP contribution in [0.15, 0.2) is 28.7 Å². The molecule has 1 saturated carbocycles. The van der Waals surface area contributed by atoms with Gasteiger partial charge in [-0.3, -0.25) is 0 Å². The first kappa shape index (κ1) is 15.0. The van der Waals surface area contributed by atoms with E-state index >= 15 is 0 Å². The Labute approximate surface area is 122 Å². The summed E-state index contributed by atoms with van der Waals surface area (Å²) < 4.78 is 27.0. The minimum atomic E-state index is -3.32. The molecular formula is C13H18BrNO3S. The lowest BCUT2D eigenvalue weighted by molar-refractivity contribution is 0.213. The van der Waals surface area contributed by atoms with E-state index in [-0.39, 0.29) is 23.8 Å². The zero-order valence-corrected chi connectivity index (χ0v) is 13.4. The van der Waals surface area contributed by atoms with Gasteiger partial charge in [-0.2, -0.15) is 4.31 Å². The molecule has 0 radical (unpaired) electrons. The molecule has 106 valence electrons. The van der Waals surface area contributed by atoms with Crippen molar-refractivity contribution in [3.8, 4) is 0 Å². The minimum Gasteiger partial charge on any atom is -0.395 e. The summed E-state index contributed by atoms with van der Waals surface area (Å²) in [5, 5.41) is 8.72. The van der Waals surface area contributed by atoms with Gasteiger partial charge in [-0.25, -0.2) is 8.42 Å². The van der Waals surface area contributed by atoms with Gasteiger partial charge in [0.05, 0.1) is 11.9 Å². The summed E-state index contributed by atoms with van der Waals surface area (Å²) in [5.41, 5.74) is 1.06. The lowest BCUT2D eigenvalue weighted by Crippen LogP contribution is -2.39. The number of hydrogen-bond donors (Lipinski definition) is 1. The van der Waals surface area contributed by atoms with Crippen molar-refractivity contribution in [3.63, 3.8) is 0 Å². The highest BCUT2D eigenvalue weighted by Gasteiger charge is 2.50. The third-order valence-electron chi connectivity index (χ3n) is 3.70. The van der Waals surface area contributed by atoms with Crippen molar-refractivity contribution in [2.45, 2.75) is 30.6 Å². The zero-order chi connectivity index (χ0) is 14.2. The van der Waals surface area contributed by atoms with Crippen LogP contribution < -0.4 is 0 Å². The molecule has 2 rings (SSSR count). The topological polar surface area (TPSA) is 57.6 Å². The number of benzene rings is 1. The highest BCUT2D eigenvalue weighted by molar-refractivity contribution is 9.10. The largest absolute Gasteiger partial charge is 0.395 e. The van der Waals surface area contributed by atoms with Crippen molar-refractivity contribution < 1.29 is 13.5 Å². The molecule has 1 aliphatic carbocycles. The number of aliphatic hydroxyl groups excluding tert-OH is 1. The van der Waals surface area contributed by atoms with Crippen molar-refractivity contribution in [1.29, 1.82) is 0 Å². The van der Waals surface area contributed by atoms with Gasteiger partial charge in [0.25, 0.3) is 0 Å². The first-order chi connectivity index (χ1) is 8.87. The Hall–Kier alpha value is -0.430. The van der Waals surface area contributed by atoms with Crippen molar-refractivity contribution in [3.05, 3.63) is 34.3 Å². The normalized spacial score (nSPS) is 24.5. The third kappa shape index (κ3) is 3.02. The van der Waals surface area contributed by atoms with Crippen LogP contribution in [0.1, 0.15) is 24.8 Å². The zero-order valence-electron chi connectivity index (χ0n) is 11.0. The molecule has 0 unspecified atom stereocenters. The number of halogens is 1.